The number of nitrogens with zero attached hydrogens (tertiary/aromatic N) is 1. The van der Waals surface area contributed by atoms with E-state index in [0.717, 1.165) is 23.1 Å². The summed E-state index contributed by atoms with van der Waals surface area (Å²) in [4.78, 5) is 26.6. The Morgan fingerprint density at radius 2 is 1.73 bits per heavy atom. The van der Waals surface area contributed by atoms with Crippen molar-refractivity contribution in [2.45, 2.75) is 33.2 Å². The van der Waals surface area contributed by atoms with Crippen LogP contribution < -0.4 is 20.1 Å². The molecule has 0 bridgehead atoms. The van der Waals surface area contributed by atoms with E-state index < -0.39 is 12.1 Å². The number of methoxy groups -OCH3 is 2. The Morgan fingerprint density at radius 3 is 2.37 bits per heavy atom. The van der Waals surface area contributed by atoms with Gasteiger partial charge in [0.2, 0.25) is 5.91 Å². The van der Waals surface area contributed by atoms with E-state index >= 15 is 0 Å². The number of rotatable bonds is 8. The minimum absolute atomic E-state index is 0.355. The topological polar surface area (TPSA) is 79.9 Å². The molecule has 162 valence electrons. The lowest BCUT2D eigenvalue weighted by Gasteiger charge is -2.23. The van der Waals surface area contributed by atoms with Gasteiger partial charge in [-0.15, -0.1) is 0 Å². The van der Waals surface area contributed by atoms with Gasteiger partial charge in [-0.1, -0.05) is 23.8 Å². The van der Waals surface area contributed by atoms with Crippen molar-refractivity contribution in [3.63, 3.8) is 0 Å². The Morgan fingerprint density at radius 1 is 1.03 bits per heavy atom. The molecule has 30 heavy (non-hydrogen) atoms. The van der Waals surface area contributed by atoms with Crippen LogP contribution in [0.15, 0.2) is 36.4 Å². The number of carbonyl (C=O) groups is 2. The van der Waals surface area contributed by atoms with Crippen molar-refractivity contribution in [2.24, 2.45) is 0 Å². The van der Waals surface area contributed by atoms with Crippen molar-refractivity contribution in [1.29, 1.82) is 0 Å². The molecule has 2 N–H and O–H groups in total. The number of urea groups is 1. The summed E-state index contributed by atoms with van der Waals surface area (Å²) in [5.41, 5.74) is 3.80. The maximum atomic E-state index is 12.5. The molecule has 0 saturated carbocycles. The fourth-order valence-corrected chi connectivity index (χ4v) is 3.06. The van der Waals surface area contributed by atoms with Crippen LogP contribution in [0.5, 0.6) is 11.5 Å². The molecule has 2 aromatic rings. The number of anilines is 1. The van der Waals surface area contributed by atoms with E-state index in [4.69, 9.17) is 9.47 Å². The average Bonchev–Trinajstić information content (AvgIpc) is 2.73. The molecule has 0 saturated heterocycles. The molecular weight excluding hydrogens is 382 g/mol. The first-order valence-electron chi connectivity index (χ1n) is 9.85. The minimum Gasteiger partial charge on any atom is -0.493 e. The number of nitrogens with one attached hydrogen (secondary N) is 2. The average molecular weight is 414 g/mol. The second-order valence-electron chi connectivity index (χ2n) is 7.36. The highest BCUT2D eigenvalue weighted by atomic mass is 16.5. The molecule has 2 rings (SSSR count). The third kappa shape index (κ3) is 6.22. The molecule has 1 unspecified atom stereocenters. The molecule has 7 heteroatoms. The Bertz CT molecular complexity index is 898. The summed E-state index contributed by atoms with van der Waals surface area (Å²) >= 11 is 0. The number of amides is 3. The maximum absolute atomic E-state index is 12.5. The molecular formula is C23H31N3O4. The zero-order valence-electron chi connectivity index (χ0n) is 18.5. The Kier molecular flexibility index (Phi) is 8.24. The van der Waals surface area contributed by atoms with Gasteiger partial charge in [0, 0.05) is 12.2 Å². The number of aryl methyl sites for hydroxylation is 2. The van der Waals surface area contributed by atoms with Gasteiger partial charge >= 0.3 is 6.03 Å². The number of hydrogen-bond donors (Lipinski definition) is 2. The predicted octanol–water partition coefficient (Wildman–Crippen LogP) is 3.53. The van der Waals surface area contributed by atoms with Gasteiger partial charge in [-0.25, -0.2) is 4.79 Å². The zero-order chi connectivity index (χ0) is 22.3. The van der Waals surface area contributed by atoms with E-state index in [2.05, 4.69) is 10.6 Å². The first-order valence-corrected chi connectivity index (χ1v) is 9.85. The number of carbonyl (C=O) groups excluding carboxylic acids is 2. The summed E-state index contributed by atoms with van der Waals surface area (Å²) in [6, 6.07) is 10.5. The van der Waals surface area contributed by atoms with Crippen LogP contribution in [-0.4, -0.2) is 50.7 Å². The maximum Gasteiger partial charge on any atom is 0.325 e. The van der Waals surface area contributed by atoms with E-state index in [9.17, 15) is 9.59 Å². The summed E-state index contributed by atoms with van der Waals surface area (Å²) < 4.78 is 10.6. The van der Waals surface area contributed by atoms with E-state index in [1.54, 1.807) is 21.1 Å². The fourth-order valence-electron chi connectivity index (χ4n) is 3.06. The van der Waals surface area contributed by atoms with E-state index in [1.807, 2.05) is 62.2 Å². The summed E-state index contributed by atoms with van der Waals surface area (Å²) in [7, 11) is 5.05. The van der Waals surface area contributed by atoms with Gasteiger partial charge in [-0.2, -0.15) is 0 Å². The van der Waals surface area contributed by atoms with Gasteiger partial charge in [-0.05, 0) is 63.6 Å². The van der Waals surface area contributed by atoms with Gasteiger partial charge in [0.15, 0.2) is 11.5 Å². The van der Waals surface area contributed by atoms with Crippen molar-refractivity contribution in [2.75, 3.05) is 33.1 Å². The monoisotopic (exact) mass is 413 g/mol. The second-order valence-corrected chi connectivity index (χ2v) is 7.36. The molecule has 0 spiro atoms. The highest BCUT2D eigenvalue weighted by Gasteiger charge is 2.20. The van der Waals surface area contributed by atoms with Crippen LogP contribution in [0.3, 0.4) is 0 Å². The van der Waals surface area contributed by atoms with E-state index in [0.29, 0.717) is 23.7 Å². The molecule has 0 aliphatic carbocycles. The number of ether oxygens (including phenoxy) is 2. The van der Waals surface area contributed by atoms with Crippen molar-refractivity contribution in [3.05, 3.63) is 53.1 Å². The van der Waals surface area contributed by atoms with Crippen molar-refractivity contribution in [1.82, 2.24) is 10.2 Å². The molecule has 7 nitrogen and oxygen atoms in total. The largest absolute Gasteiger partial charge is 0.493 e. The smallest absolute Gasteiger partial charge is 0.325 e. The molecule has 0 aromatic heterocycles. The van der Waals surface area contributed by atoms with Gasteiger partial charge < -0.3 is 14.8 Å². The van der Waals surface area contributed by atoms with Crippen LogP contribution in [-0.2, 0) is 11.2 Å². The van der Waals surface area contributed by atoms with E-state index in [1.165, 1.54) is 0 Å². The van der Waals surface area contributed by atoms with Gasteiger partial charge in [0.1, 0.15) is 0 Å². The van der Waals surface area contributed by atoms with Gasteiger partial charge in [0.05, 0.1) is 20.3 Å². The number of likely N-dealkylation sites (N-methyl/N-ethyl adjacent to an activating group) is 1. The van der Waals surface area contributed by atoms with Gasteiger partial charge in [-0.3, -0.25) is 15.0 Å². The summed E-state index contributed by atoms with van der Waals surface area (Å²) in [5.74, 6) is 0.996. The molecule has 0 aliphatic rings. The summed E-state index contributed by atoms with van der Waals surface area (Å²) in [5, 5.41) is 5.14. The molecule has 3 amide bonds. The van der Waals surface area contributed by atoms with Gasteiger partial charge in [0.25, 0.3) is 0 Å². The SMILES string of the molecule is COc1ccc(CCN(C)C(C)C(=O)NC(=O)Nc2ccc(C)cc2C)cc1OC. The van der Waals surface area contributed by atoms with Crippen LogP contribution in [0, 0.1) is 13.8 Å². The lowest BCUT2D eigenvalue weighted by Crippen LogP contribution is -2.47. The first kappa shape index (κ1) is 23.2. The number of benzene rings is 2. The molecule has 0 aliphatic heterocycles. The van der Waals surface area contributed by atoms with E-state index in [-0.39, 0.29) is 5.91 Å². The zero-order valence-corrected chi connectivity index (χ0v) is 18.5. The predicted molar refractivity (Wildman–Crippen MR) is 118 cm³/mol. The minimum atomic E-state index is -0.535. The van der Waals surface area contributed by atoms with Crippen LogP contribution in [0.4, 0.5) is 10.5 Å². The van der Waals surface area contributed by atoms with Crippen molar-refractivity contribution in [3.8, 4) is 11.5 Å². The lowest BCUT2D eigenvalue weighted by molar-refractivity contribution is -0.124. The molecule has 1 atom stereocenters. The third-order valence-electron chi connectivity index (χ3n) is 5.11. The molecule has 0 heterocycles. The second kappa shape index (κ2) is 10.6. The molecule has 0 fully saturated rings. The molecule has 2 aromatic carbocycles. The Hall–Kier alpha value is -3.06. The van der Waals surface area contributed by atoms with Crippen LogP contribution >= 0.6 is 0 Å². The highest BCUT2D eigenvalue weighted by molar-refractivity contribution is 6.03. The Balaban J connectivity index is 1.88. The highest BCUT2D eigenvalue weighted by Crippen LogP contribution is 2.27. The quantitative estimate of drug-likeness (QED) is 0.692. The van der Waals surface area contributed by atoms with Crippen molar-refractivity contribution >= 4 is 17.6 Å². The fraction of sp³-hybridized carbons (Fsp3) is 0.391. The standard InChI is InChI=1S/C23H31N3O4/c1-15-7-9-19(16(2)13-15)24-23(28)25-22(27)17(3)26(4)12-11-18-8-10-20(29-5)21(14-18)30-6/h7-10,13-14,17H,11-12H2,1-6H3,(H2,24,25,27,28). The first-order chi connectivity index (χ1) is 14.2. The van der Waals surface area contributed by atoms with Crippen LogP contribution in [0.25, 0.3) is 0 Å². The van der Waals surface area contributed by atoms with Crippen molar-refractivity contribution < 1.29 is 19.1 Å². The van der Waals surface area contributed by atoms with Crippen LogP contribution in [0.1, 0.15) is 23.6 Å². The normalized spacial score (nSPS) is 11.7. The lowest BCUT2D eigenvalue weighted by atomic mass is 10.1. The summed E-state index contributed by atoms with van der Waals surface area (Å²) in [6.07, 6.45) is 0.725. The molecule has 0 radical (unpaired) electrons. The number of hydrogen-bond acceptors (Lipinski definition) is 5. The Labute approximate surface area is 178 Å². The number of imide groups is 1. The van der Waals surface area contributed by atoms with Crippen LogP contribution in [0.2, 0.25) is 0 Å². The summed E-state index contributed by atoms with van der Waals surface area (Å²) in [6.45, 7) is 6.31. The third-order valence-corrected chi connectivity index (χ3v) is 5.11.